The molecule has 0 aromatic carbocycles. The summed E-state index contributed by atoms with van der Waals surface area (Å²) in [5, 5.41) is 0. The van der Waals surface area contributed by atoms with Crippen molar-refractivity contribution >= 4 is 5.91 Å². The van der Waals surface area contributed by atoms with E-state index in [1.807, 2.05) is 13.8 Å². The Labute approximate surface area is 107 Å². The first-order chi connectivity index (χ1) is 8.66. The first-order valence-electron chi connectivity index (χ1n) is 6.15. The van der Waals surface area contributed by atoms with E-state index in [9.17, 15) is 4.79 Å². The fourth-order valence-electron chi connectivity index (χ4n) is 1.82. The molecule has 5 heteroatoms. The highest BCUT2D eigenvalue weighted by molar-refractivity contribution is 5.94. The Morgan fingerprint density at radius 1 is 1.39 bits per heavy atom. The molecule has 0 bridgehead atoms. The number of carbonyl (C=O) groups is 1. The van der Waals surface area contributed by atoms with E-state index >= 15 is 0 Å². The first-order valence-corrected chi connectivity index (χ1v) is 6.15. The molecule has 1 saturated heterocycles. The van der Waals surface area contributed by atoms with E-state index < -0.39 is 0 Å². The van der Waals surface area contributed by atoms with Crippen LogP contribution in [0.2, 0.25) is 0 Å². The van der Waals surface area contributed by atoms with Crippen LogP contribution >= 0.6 is 0 Å². The maximum absolute atomic E-state index is 12.2. The monoisotopic (exact) mass is 250 g/mol. The number of hydrogen-bond donors (Lipinski definition) is 0. The second kappa shape index (κ2) is 5.82. The molecule has 1 amide bonds. The molecule has 2 heterocycles. The lowest BCUT2D eigenvalue weighted by atomic mass is 10.2. The van der Waals surface area contributed by atoms with Gasteiger partial charge in [0.1, 0.15) is 5.75 Å². The molecular weight excluding hydrogens is 232 g/mol. The Bertz CT molecular complexity index is 414. The summed E-state index contributed by atoms with van der Waals surface area (Å²) in [5.74, 6) is 0.615. The molecule has 18 heavy (non-hydrogen) atoms. The van der Waals surface area contributed by atoms with Gasteiger partial charge in [0.2, 0.25) is 0 Å². The lowest BCUT2D eigenvalue weighted by Crippen LogP contribution is -2.40. The standard InChI is InChI=1S/C13H18N2O3/c1-10(2)18-12-7-11(8-14-9-12)13(16)15-3-5-17-6-4-15/h7-10H,3-6H2,1-2H3. The zero-order valence-corrected chi connectivity index (χ0v) is 10.8. The fraction of sp³-hybridized carbons (Fsp3) is 0.538. The van der Waals surface area contributed by atoms with Crippen LogP contribution in [0.1, 0.15) is 24.2 Å². The van der Waals surface area contributed by atoms with E-state index in [1.165, 1.54) is 0 Å². The van der Waals surface area contributed by atoms with E-state index in [1.54, 1.807) is 23.4 Å². The maximum Gasteiger partial charge on any atom is 0.255 e. The Morgan fingerprint density at radius 3 is 2.78 bits per heavy atom. The maximum atomic E-state index is 12.2. The summed E-state index contributed by atoms with van der Waals surface area (Å²) in [7, 11) is 0. The molecule has 1 aliphatic heterocycles. The second-order valence-corrected chi connectivity index (χ2v) is 4.48. The predicted molar refractivity (Wildman–Crippen MR) is 66.7 cm³/mol. The van der Waals surface area contributed by atoms with E-state index in [0.29, 0.717) is 37.6 Å². The van der Waals surface area contributed by atoms with Gasteiger partial charge in [-0.1, -0.05) is 0 Å². The molecule has 0 unspecified atom stereocenters. The van der Waals surface area contributed by atoms with Crippen molar-refractivity contribution in [2.45, 2.75) is 20.0 Å². The number of pyridine rings is 1. The number of ether oxygens (including phenoxy) is 2. The van der Waals surface area contributed by atoms with Gasteiger partial charge in [-0.05, 0) is 19.9 Å². The topological polar surface area (TPSA) is 51.7 Å². The van der Waals surface area contributed by atoms with Gasteiger partial charge in [-0.25, -0.2) is 0 Å². The molecule has 2 rings (SSSR count). The van der Waals surface area contributed by atoms with Gasteiger partial charge in [-0.2, -0.15) is 0 Å². The number of amides is 1. The number of hydrogen-bond acceptors (Lipinski definition) is 4. The minimum Gasteiger partial charge on any atom is -0.489 e. The molecule has 1 aliphatic rings. The SMILES string of the molecule is CC(C)Oc1cncc(C(=O)N2CCOCC2)c1. The van der Waals surface area contributed by atoms with E-state index in [4.69, 9.17) is 9.47 Å². The molecule has 5 nitrogen and oxygen atoms in total. The van der Waals surface area contributed by atoms with Crippen molar-refractivity contribution in [3.63, 3.8) is 0 Å². The number of rotatable bonds is 3. The highest BCUT2D eigenvalue weighted by Gasteiger charge is 2.19. The number of morpholine rings is 1. The van der Waals surface area contributed by atoms with Crippen LogP contribution in [0.25, 0.3) is 0 Å². The van der Waals surface area contributed by atoms with Gasteiger partial charge in [0.05, 0.1) is 31.1 Å². The van der Waals surface area contributed by atoms with Crippen LogP contribution in [-0.4, -0.2) is 48.2 Å². The van der Waals surface area contributed by atoms with Crippen molar-refractivity contribution in [1.29, 1.82) is 0 Å². The molecular formula is C13H18N2O3. The van der Waals surface area contributed by atoms with Gasteiger partial charge < -0.3 is 14.4 Å². The Balaban J connectivity index is 2.09. The molecule has 1 fully saturated rings. The lowest BCUT2D eigenvalue weighted by Gasteiger charge is -2.26. The van der Waals surface area contributed by atoms with Gasteiger partial charge >= 0.3 is 0 Å². The third-order valence-corrected chi connectivity index (χ3v) is 2.63. The van der Waals surface area contributed by atoms with Crippen LogP contribution in [0.3, 0.4) is 0 Å². The highest BCUT2D eigenvalue weighted by atomic mass is 16.5. The molecule has 0 N–H and O–H groups in total. The van der Waals surface area contributed by atoms with Crippen molar-refractivity contribution in [3.05, 3.63) is 24.0 Å². The van der Waals surface area contributed by atoms with E-state index in [-0.39, 0.29) is 12.0 Å². The summed E-state index contributed by atoms with van der Waals surface area (Å²) in [6, 6.07) is 1.74. The van der Waals surface area contributed by atoms with Gasteiger partial charge in [0.25, 0.3) is 5.91 Å². The van der Waals surface area contributed by atoms with Crippen molar-refractivity contribution in [1.82, 2.24) is 9.88 Å². The molecule has 0 aliphatic carbocycles. The molecule has 0 atom stereocenters. The van der Waals surface area contributed by atoms with Gasteiger partial charge in [0.15, 0.2) is 0 Å². The normalized spacial score (nSPS) is 15.8. The summed E-state index contributed by atoms with van der Waals surface area (Å²) in [4.78, 5) is 18.0. The van der Waals surface area contributed by atoms with Crippen molar-refractivity contribution in [3.8, 4) is 5.75 Å². The molecule has 98 valence electrons. The average molecular weight is 250 g/mol. The first kappa shape index (κ1) is 12.8. The average Bonchev–Trinajstić information content (AvgIpc) is 2.38. The summed E-state index contributed by atoms with van der Waals surface area (Å²) in [6.07, 6.45) is 3.27. The highest BCUT2D eigenvalue weighted by Crippen LogP contribution is 2.15. The van der Waals surface area contributed by atoms with Crippen LogP contribution in [-0.2, 0) is 4.74 Å². The summed E-state index contributed by atoms with van der Waals surface area (Å²) >= 11 is 0. The zero-order valence-electron chi connectivity index (χ0n) is 10.8. The quantitative estimate of drug-likeness (QED) is 0.812. The van der Waals surface area contributed by atoms with Crippen LogP contribution in [0.5, 0.6) is 5.75 Å². The lowest BCUT2D eigenvalue weighted by molar-refractivity contribution is 0.0302. The number of nitrogens with zero attached hydrogens (tertiary/aromatic N) is 2. The van der Waals surface area contributed by atoms with E-state index in [0.717, 1.165) is 0 Å². The minimum absolute atomic E-state index is 0.0139. The molecule has 1 aromatic heterocycles. The Morgan fingerprint density at radius 2 is 2.11 bits per heavy atom. The largest absolute Gasteiger partial charge is 0.489 e. The minimum atomic E-state index is -0.0139. The van der Waals surface area contributed by atoms with E-state index in [2.05, 4.69) is 4.98 Å². The van der Waals surface area contributed by atoms with Crippen molar-refractivity contribution in [2.75, 3.05) is 26.3 Å². The fourth-order valence-corrected chi connectivity index (χ4v) is 1.82. The molecule has 0 spiro atoms. The van der Waals surface area contributed by atoms with Crippen LogP contribution in [0.15, 0.2) is 18.5 Å². The molecule has 1 aromatic rings. The van der Waals surface area contributed by atoms with Gasteiger partial charge in [-0.3, -0.25) is 9.78 Å². The third kappa shape index (κ3) is 3.20. The Hall–Kier alpha value is -1.62. The Kier molecular flexibility index (Phi) is 4.15. The second-order valence-electron chi connectivity index (χ2n) is 4.48. The predicted octanol–water partition coefficient (Wildman–Crippen LogP) is 1.34. The molecule has 0 saturated carbocycles. The van der Waals surface area contributed by atoms with Crippen molar-refractivity contribution in [2.24, 2.45) is 0 Å². The summed E-state index contributed by atoms with van der Waals surface area (Å²) in [5.41, 5.74) is 0.565. The van der Waals surface area contributed by atoms with Gasteiger partial charge in [0, 0.05) is 19.3 Å². The zero-order chi connectivity index (χ0) is 13.0. The van der Waals surface area contributed by atoms with Crippen LogP contribution in [0, 0.1) is 0 Å². The third-order valence-electron chi connectivity index (χ3n) is 2.63. The number of aromatic nitrogens is 1. The van der Waals surface area contributed by atoms with Crippen molar-refractivity contribution < 1.29 is 14.3 Å². The van der Waals surface area contributed by atoms with Crippen LogP contribution < -0.4 is 4.74 Å². The number of carbonyl (C=O) groups excluding carboxylic acids is 1. The summed E-state index contributed by atoms with van der Waals surface area (Å²) in [6.45, 7) is 6.35. The molecule has 0 radical (unpaired) electrons. The van der Waals surface area contributed by atoms with Gasteiger partial charge in [-0.15, -0.1) is 0 Å². The summed E-state index contributed by atoms with van der Waals surface area (Å²) < 4.78 is 10.8. The van der Waals surface area contributed by atoms with Crippen LogP contribution in [0.4, 0.5) is 0 Å². The smallest absolute Gasteiger partial charge is 0.255 e.